The summed E-state index contributed by atoms with van der Waals surface area (Å²) in [6.07, 6.45) is -3.74. The summed E-state index contributed by atoms with van der Waals surface area (Å²) in [6, 6.07) is 10.3. The number of alkyl halides is 3. The molecule has 1 heterocycles. The van der Waals surface area contributed by atoms with E-state index in [1.54, 1.807) is 0 Å². The lowest BCUT2D eigenvalue weighted by molar-refractivity contribution is -0.137. The fraction of sp³-hybridized carbons (Fsp3) is 0.364. The molecular formula is C22H23F3N2O4S. The van der Waals surface area contributed by atoms with Crippen LogP contribution >= 0.6 is 0 Å². The van der Waals surface area contributed by atoms with Gasteiger partial charge in [0.2, 0.25) is 15.9 Å². The smallest absolute Gasteiger partial charge is 0.352 e. The molecule has 1 aliphatic heterocycles. The molecule has 6 nitrogen and oxygen atoms in total. The predicted molar refractivity (Wildman–Crippen MR) is 111 cm³/mol. The number of hydrogen-bond acceptors (Lipinski definition) is 4. The zero-order chi connectivity index (χ0) is 23.5. The number of benzene rings is 2. The molecule has 0 saturated carbocycles. The van der Waals surface area contributed by atoms with Gasteiger partial charge in [-0.15, -0.1) is 0 Å². The first-order chi connectivity index (χ1) is 15.0. The average molecular weight is 468 g/mol. The van der Waals surface area contributed by atoms with Crippen molar-refractivity contribution in [1.29, 1.82) is 0 Å². The second-order valence-corrected chi connectivity index (χ2v) is 9.61. The highest BCUT2D eigenvalue weighted by Gasteiger charge is 2.32. The zero-order valence-electron chi connectivity index (χ0n) is 17.4. The molecule has 2 aromatic rings. The number of carbonyl (C=O) groups is 2. The van der Waals surface area contributed by atoms with Crippen molar-refractivity contribution in [2.45, 2.75) is 37.4 Å². The highest BCUT2D eigenvalue weighted by atomic mass is 32.2. The normalized spacial score (nSPS) is 16.0. The summed E-state index contributed by atoms with van der Waals surface area (Å²) in [5.41, 5.74) is 0.213. The van der Waals surface area contributed by atoms with Gasteiger partial charge in [-0.05, 0) is 49.6 Å². The van der Waals surface area contributed by atoms with Crippen molar-refractivity contribution in [2.24, 2.45) is 5.92 Å². The maximum absolute atomic E-state index is 12.8. The number of piperidine rings is 1. The van der Waals surface area contributed by atoms with E-state index in [1.807, 2.05) is 0 Å². The van der Waals surface area contributed by atoms with Crippen LogP contribution in [-0.2, 0) is 27.5 Å². The van der Waals surface area contributed by atoms with E-state index in [-0.39, 0.29) is 42.1 Å². The minimum Gasteiger partial charge on any atom is -0.352 e. The van der Waals surface area contributed by atoms with Gasteiger partial charge in [-0.3, -0.25) is 9.59 Å². The topological polar surface area (TPSA) is 83.6 Å². The molecule has 1 N–H and O–H groups in total. The Bertz CT molecular complexity index is 1070. The van der Waals surface area contributed by atoms with Crippen LogP contribution in [0.4, 0.5) is 13.2 Å². The van der Waals surface area contributed by atoms with Crippen molar-refractivity contribution in [2.75, 3.05) is 13.1 Å². The van der Waals surface area contributed by atoms with E-state index in [2.05, 4.69) is 5.32 Å². The van der Waals surface area contributed by atoms with Crippen molar-refractivity contribution in [3.63, 3.8) is 0 Å². The third-order valence-corrected chi connectivity index (χ3v) is 7.38. The molecule has 3 rings (SSSR count). The van der Waals surface area contributed by atoms with Crippen LogP contribution in [0.15, 0.2) is 53.4 Å². The first-order valence-corrected chi connectivity index (χ1v) is 11.5. The van der Waals surface area contributed by atoms with Gasteiger partial charge in [0.15, 0.2) is 5.78 Å². The van der Waals surface area contributed by atoms with Gasteiger partial charge in [-0.25, -0.2) is 8.42 Å². The summed E-state index contributed by atoms with van der Waals surface area (Å²) in [6.45, 7) is 1.85. The SMILES string of the molecule is CC(=O)c1ccc(S(=O)(=O)N2CCC(C(=O)NCc3ccc(C(F)(F)F)cc3)CC2)cc1. The van der Waals surface area contributed by atoms with Gasteiger partial charge in [0.1, 0.15) is 0 Å². The Morgan fingerprint density at radius 1 is 1.00 bits per heavy atom. The molecule has 0 atom stereocenters. The Kier molecular flexibility index (Phi) is 7.04. The summed E-state index contributed by atoms with van der Waals surface area (Å²) < 4.78 is 64.8. The second kappa shape index (κ2) is 9.41. The number of halogens is 3. The number of amides is 1. The van der Waals surface area contributed by atoms with Crippen molar-refractivity contribution >= 4 is 21.7 Å². The predicted octanol–water partition coefficient (Wildman–Crippen LogP) is 3.63. The Hall–Kier alpha value is -2.72. The first-order valence-electron chi connectivity index (χ1n) is 10.0. The van der Waals surface area contributed by atoms with Gasteiger partial charge in [-0.2, -0.15) is 17.5 Å². The second-order valence-electron chi connectivity index (χ2n) is 7.67. The molecular weight excluding hydrogens is 445 g/mol. The number of rotatable bonds is 6. The number of nitrogens with zero attached hydrogens (tertiary/aromatic N) is 1. The minimum atomic E-state index is -4.41. The lowest BCUT2D eigenvalue weighted by atomic mass is 9.97. The highest BCUT2D eigenvalue weighted by molar-refractivity contribution is 7.89. The third kappa shape index (κ3) is 5.55. The van der Waals surface area contributed by atoms with Gasteiger partial charge >= 0.3 is 6.18 Å². The van der Waals surface area contributed by atoms with Crippen molar-refractivity contribution < 1.29 is 31.2 Å². The van der Waals surface area contributed by atoms with Crippen molar-refractivity contribution in [1.82, 2.24) is 9.62 Å². The molecule has 2 aromatic carbocycles. The average Bonchev–Trinajstić information content (AvgIpc) is 2.77. The maximum Gasteiger partial charge on any atom is 0.416 e. The van der Waals surface area contributed by atoms with E-state index in [4.69, 9.17) is 0 Å². The number of sulfonamides is 1. The Labute approximate surface area is 184 Å². The Morgan fingerprint density at radius 2 is 1.56 bits per heavy atom. The Balaban J connectivity index is 1.53. The highest BCUT2D eigenvalue weighted by Crippen LogP contribution is 2.29. The maximum atomic E-state index is 12.8. The molecule has 0 bridgehead atoms. The summed E-state index contributed by atoms with van der Waals surface area (Å²) in [5.74, 6) is -0.791. The number of carbonyl (C=O) groups excluding carboxylic acids is 2. The zero-order valence-corrected chi connectivity index (χ0v) is 18.2. The van der Waals surface area contributed by atoms with Gasteiger partial charge in [0.25, 0.3) is 0 Å². The van der Waals surface area contributed by atoms with Crippen LogP contribution in [0.1, 0.15) is 41.3 Å². The van der Waals surface area contributed by atoms with E-state index in [9.17, 15) is 31.2 Å². The largest absolute Gasteiger partial charge is 0.416 e. The molecule has 1 saturated heterocycles. The summed E-state index contributed by atoms with van der Waals surface area (Å²) in [4.78, 5) is 23.9. The molecule has 0 radical (unpaired) electrons. The van der Waals surface area contributed by atoms with Crippen LogP contribution in [0.3, 0.4) is 0 Å². The van der Waals surface area contributed by atoms with Crippen LogP contribution in [-0.4, -0.2) is 37.5 Å². The fourth-order valence-corrected chi connectivity index (χ4v) is 4.98. The summed E-state index contributed by atoms with van der Waals surface area (Å²) in [7, 11) is -3.73. The molecule has 0 unspecified atom stereocenters. The van der Waals surface area contributed by atoms with Gasteiger partial charge < -0.3 is 5.32 Å². The van der Waals surface area contributed by atoms with Crippen LogP contribution < -0.4 is 5.32 Å². The summed E-state index contributed by atoms with van der Waals surface area (Å²) in [5, 5.41) is 2.71. The van der Waals surface area contributed by atoms with Crippen molar-refractivity contribution in [3.05, 3.63) is 65.2 Å². The summed E-state index contributed by atoms with van der Waals surface area (Å²) >= 11 is 0. The molecule has 0 aliphatic carbocycles. The van der Waals surface area contributed by atoms with Gasteiger partial charge in [-0.1, -0.05) is 24.3 Å². The van der Waals surface area contributed by atoms with Crippen LogP contribution in [0.2, 0.25) is 0 Å². The Morgan fingerprint density at radius 3 is 2.06 bits per heavy atom. The van der Waals surface area contributed by atoms with E-state index in [1.165, 1.54) is 47.6 Å². The molecule has 0 aromatic heterocycles. The van der Waals surface area contributed by atoms with E-state index >= 15 is 0 Å². The van der Waals surface area contributed by atoms with Crippen molar-refractivity contribution in [3.8, 4) is 0 Å². The number of hydrogen-bond donors (Lipinski definition) is 1. The molecule has 10 heteroatoms. The molecule has 0 spiro atoms. The first kappa shape index (κ1) is 23.9. The molecule has 1 amide bonds. The van der Waals surface area contributed by atoms with Crippen LogP contribution in [0, 0.1) is 5.92 Å². The third-order valence-electron chi connectivity index (χ3n) is 5.47. The van der Waals surface area contributed by atoms with Crippen LogP contribution in [0.25, 0.3) is 0 Å². The fourth-order valence-electron chi connectivity index (χ4n) is 3.51. The minimum absolute atomic E-state index is 0.0905. The van der Waals surface area contributed by atoms with Crippen LogP contribution in [0.5, 0.6) is 0 Å². The number of Topliss-reactive ketones (excluding diaryl/α,β-unsaturated/α-hetero) is 1. The van der Waals surface area contributed by atoms with Gasteiger partial charge in [0, 0.05) is 31.1 Å². The lowest BCUT2D eigenvalue weighted by Gasteiger charge is -2.30. The van der Waals surface area contributed by atoms with E-state index < -0.39 is 21.8 Å². The van der Waals surface area contributed by atoms with Gasteiger partial charge in [0.05, 0.1) is 10.5 Å². The standard InChI is InChI=1S/C22H23F3N2O4S/c1-15(28)17-4-8-20(9-5-17)32(30,31)27-12-10-18(11-13-27)21(29)26-14-16-2-6-19(7-3-16)22(23,24)25/h2-9,18H,10-14H2,1H3,(H,26,29). The molecule has 172 valence electrons. The molecule has 1 aliphatic rings. The molecule has 1 fully saturated rings. The number of nitrogens with one attached hydrogen (secondary N) is 1. The van der Waals surface area contributed by atoms with E-state index in [0.29, 0.717) is 24.0 Å². The monoisotopic (exact) mass is 468 g/mol. The lowest BCUT2D eigenvalue weighted by Crippen LogP contribution is -2.42. The number of ketones is 1. The quantitative estimate of drug-likeness (QED) is 0.657. The molecule has 32 heavy (non-hydrogen) atoms. The van der Waals surface area contributed by atoms with E-state index in [0.717, 1.165) is 12.1 Å².